The number of benzene rings is 1. The lowest BCUT2D eigenvalue weighted by atomic mass is 10.2. The number of thiophene rings is 1. The van der Waals surface area contributed by atoms with Crippen LogP contribution in [0.2, 0.25) is 4.34 Å². The molecule has 5 heteroatoms. The van der Waals surface area contributed by atoms with E-state index in [9.17, 15) is 0 Å². The summed E-state index contributed by atoms with van der Waals surface area (Å²) in [6.07, 6.45) is 1.12. The van der Waals surface area contributed by atoms with Crippen LogP contribution < -0.4 is 14.8 Å². The number of nitrogens with one attached hydrogen (secondary N) is 1. The average molecular weight is 326 g/mol. The molecule has 0 aliphatic carbocycles. The molecular weight excluding hydrogens is 306 g/mol. The Morgan fingerprint density at radius 2 is 2.05 bits per heavy atom. The Bertz CT molecular complexity index is 571. The maximum absolute atomic E-state index is 5.93. The highest BCUT2D eigenvalue weighted by molar-refractivity contribution is 7.16. The Hall–Kier alpha value is -1.23. The van der Waals surface area contributed by atoms with Crippen LogP contribution in [0.15, 0.2) is 30.3 Å². The van der Waals surface area contributed by atoms with Crippen molar-refractivity contribution >= 4 is 22.9 Å². The van der Waals surface area contributed by atoms with Gasteiger partial charge in [-0.2, -0.15) is 0 Å². The maximum atomic E-state index is 5.93. The van der Waals surface area contributed by atoms with Gasteiger partial charge in [0.2, 0.25) is 0 Å². The van der Waals surface area contributed by atoms with E-state index in [0.717, 1.165) is 40.2 Å². The van der Waals surface area contributed by atoms with Gasteiger partial charge in [0.25, 0.3) is 0 Å². The van der Waals surface area contributed by atoms with Crippen molar-refractivity contribution < 1.29 is 9.47 Å². The van der Waals surface area contributed by atoms with Crippen LogP contribution in [0.25, 0.3) is 0 Å². The number of hydrogen-bond acceptors (Lipinski definition) is 4. The minimum Gasteiger partial charge on any atom is -0.493 e. The third-order valence-corrected chi connectivity index (χ3v) is 4.19. The summed E-state index contributed by atoms with van der Waals surface area (Å²) < 4.78 is 12.0. The van der Waals surface area contributed by atoms with Crippen molar-refractivity contribution in [2.45, 2.75) is 26.5 Å². The minimum absolute atomic E-state index is 0.500. The molecule has 1 heterocycles. The lowest BCUT2D eigenvalue weighted by Gasteiger charge is -2.12. The van der Waals surface area contributed by atoms with E-state index in [1.54, 1.807) is 7.11 Å². The molecule has 0 saturated heterocycles. The minimum atomic E-state index is 0.500. The van der Waals surface area contributed by atoms with E-state index in [2.05, 4.69) is 18.3 Å². The molecule has 1 N–H and O–H groups in total. The van der Waals surface area contributed by atoms with Crippen LogP contribution in [0.3, 0.4) is 0 Å². The largest absolute Gasteiger partial charge is 0.493 e. The molecule has 0 atom stereocenters. The topological polar surface area (TPSA) is 30.5 Å². The molecule has 2 aromatic rings. The summed E-state index contributed by atoms with van der Waals surface area (Å²) in [5.74, 6) is 1.51. The molecule has 0 saturated carbocycles. The van der Waals surface area contributed by atoms with Gasteiger partial charge < -0.3 is 14.8 Å². The van der Waals surface area contributed by atoms with Gasteiger partial charge >= 0.3 is 0 Å². The van der Waals surface area contributed by atoms with E-state index in [0.29, 0.717) is 6.61 Å². The Morgan fingerprint density at radius 3 is 2.71 bits per heavy atom. The first kappa shape index (κ1) is 16.1. The van der Waals surface area contributed by atoms with Gasteiger partial charge in [-0.15, -0.1) is 11.3 Å². The average Bonchev–Trinajstić information content (AvgIpc) is 2.91. The molecule has 0 fully saturated rings. The normalized spacial score (nSPS) is 10.6. The highest BCUT2D eigenvalue weighted by Gasteiger charge is 2.07. The first-order valence-corrected chi connectivity index (χ1v) is 8.17. The number of rotatable bonds is 8. The van der Waals surface area contributed by atoms with Crippen LogP contribution in [0.1, 0.15) is 23.8 Å². The third-order valence-electron chi connectivity index (χ3n) is 2.98. The van der Waals surface area contributed by atoms with Gasteiger partial charge in [0.1, 0.15) is 6.61 Å². The SMILES string of the molecule is CCCNCc1ccc(OC)c(OCc2ccc(Cl)s2)c1. The zero-order valence-corrected chi connectivity index (χ0v) is 13.9. The monoisotopic (exact) mass is 325 g/mol. The van der Waals surface area contributed by atoms with E-state index >= 15 is 0 Å². The van der Waals surface area contributed by atoms with Crippen molar-refractivity contribution in [2.75, 3.05) is 13.7 Å². The zero-order valence-electron chi connectivity index (χ0n) is 12.3. The molecule has 21 heavy (non-hydrogen) atoms. The van der Waals surface area contributed by atoms with Crippen molar-refractivity contribution in [3.8, 4) is 11.5 Å². The fourth-order valence-electron chi connectivity index (χ4n) is 1.93. The standard InChI is InChI=1S/C16H20ClNO2S/c1-3-8-18-10-12-4-6-14(19-2)15(9-12)20-11-13-5-7-16(17)21-13/h4-7,9,18H,3,8,10-11H2,1-2H3. The van der Waals surface area contributed by atoms with Crippen LogP contribution in [0.5, 0.6) is 11.5 Å². The molecule has 3 nitrogen and oxygen atoms in total. The van der Waals surface area contributed by atoms with Crippen molar-refractivity contribution in [2.24, 2.45) is 0 Å². The van der Waals surface area contributed by atoms with Crippen molar-refractivity contribution in [3.05, 3.63) is 45.1 Å². The van der Waals surface area contributed by atoms with Crippen LogP contribution in [-0.4, -0.2) is 13.7 Å². The quantitative estimate of drug-likeness (QED) is 0.725. The number of ether oxygens (including phenoxy) is 2. The number of hydrogen-bond donors (Lipinski definition) is 1. The van der Waals surface area contributed by atoms with Crippen molar-refractivity contribution in [3.63, 3.8) is 0 Å². The van der Waals surface area contributed by atoms with Gasteiger partial charge in [-0.1, -0.05) is 24.6 Å². The Kier molecular flexibility index (Phi) is 6.36. The second-order valence-electron chi connectivity index (χ2n) is 4.66. The predicted octanol–water partition coefficient (Wildman–Crippen LogP) is 4.49. The second-order valence-corrected chi connectivity index (χ2v) is 6.46. The summed E-state index contributed by atoms with van der Waals surface area (Å²) in [5, 5.41) is 3.38. The van der Waals surface area contributed by atoms with Crippen molar-refractivity contribution in [1.82, 2.24) is 5.32 Å². The molecule has 0 aliphatic rings. The number of halogens is 1. The molecule has 0 aliphatic heterocycles. The molecule has 0 amide bonds. The maximum Gasteiger partial charge on any atom is 0.162 e. The van der Waals surface area contributed by atoms with E-state index in [1.807, 2.05) is 24.3 Å². The van der Waals surface area contributed by atoms with Gasteiger partial charge in [0, 0.05) is 11.4 Å². The third kappa shape index (κ3) is 4.92. The summed E-state index contributed by atoms with van der Waals surface area (Å²) in [6.45, 7) is 4.50. The Labute approximate surface area is 134 Å². The summed E-state index contributed by atoms with van der Waals surface area (Å²) in [6, 6.07) is 9.88. The van der Waals surface area contributed by atoms with Crippen LogP contribution >= 0.6 is 22.9 Å². The van der Waals surface area contributed by atoms with E-state index in [4.69, 9.17) is 21.1 Å². The highest BCUT2D eigenvalue weighted by Crippen LogP contribution is 2.30. The molecule has 1 aromatic heterocycles. The van der Waals surface area contributed by atoms with E-state index in [1.165, 1.54) is 16.9 Å². The van der Waals surface area contributed by atoms with Gasteiger partial charge in [-0.25, -0.2) is 0 Å². The molecule has 1 aromatic carbocycles. The smallest absolute Gasteiger partial charge is 0.162 e. The van der Waals surface area contributed by atoms with Crippen LogP contribution in [0, 0.1) is 0 Å². The lowest BCUT2D eigenvalue weighted by Crippen LogP contribution is -2.13. The molecule has 0 bridgehead atoms. The van der Waals surface area contributed by atoms with Gasteiger partial charge in [0.05, 0.1) is 11.4 Å². The highest BCUT2D eigenvalue weighted by atomic mass is 35.5. The van der Waals surface area contributed by atoms with E-state index in [-0.39, 0.29) is 0 Å². The molecular formula is C16H20ClNO2S. The molecule has 114 valence electrons. The first-order chi connectivity index (χ1) is 10.2. The molecule has 2 rings (SSSR count). The van der Waals surface area contributed by atoms with Gasteiger partial charge in [-0.05, 0) is 42.8 Å². The molecule has 0 spiro atoms. The van der Waals surface area contributed by atoms with E-state index < -0.39 is 0 Å². The zero-order chi connectivity index (χ0) is 15.1. The summed E-state index contributed by atoms with van der Waals surface area (Å²) in [4.78, 5) is 1.09. The molecule has 0 unspecified atom stereocenters. The van der Waals surface area contributed by atoms with Crippen molar-refractivity contribution in [1.29, 1.82) is 0 Å². The second kappa shape index (κ2) is 8.27. The molecule has 0 radical (unpaired) electrons. The fourth-order valence-corrected chi connectivity index (χ4v) is 2.93. The summed E-state index contributed by atoms with van der Waals surface area (Å²) in [5.41, 5.74) is 1.18. The number of methoxy groups -OCH3 is 1. The summed E-state index contributed by atoms with van der Waals surface area (Å²) in [7, 11) is 1.65. The van der Waals surface area contributed by atoms with Gasteiger partial charge in [-0.3, -0.25) is 0 Å². The first-order valence-electron chi connectivity index (χ1n) is 6.97. The Morgan fingerprint density at radius 1 is 1.19 bits per heavy atom. The lowest BCUT2D eigenvalue weighted by molar-refractivity contribution is 0.287. The van der Waals surface area contributed by atoms with Gasteiger partial charge in [0.15, 0.2) is 11.5 Å². The predicted molar refractivity (Wildman–Crippen MR) is 88.7 cm³/mol. The fraction of sp³-hybridized carbons (Fsp3) is 0.375. The van der Waals surface area contributed by atoms with Crippen LogP contribution in [0.4, 0.5) is 0 Å². The summed E-state index contributed by atoms with van der Waals surface area (Å²) >= 11 is 7.46. The Balaban J connectivity index is 2.02. The van der Waals surface area contributed by atoms with Crippen LogP contribution in [-0.2, 0) is 13.2 Å².